The summed E-state index contributed by atoms with van der Waals surface area (Å²) in [5.41, 5.74) is -0.549. The summed E-state index contributed by atoms with van der Waals surface area (Å²) in [5, 5.41) is 10.2. The van der Waals surface area contributed by atoms with Gasteiger partial charge in [0, 0.05) is 18.3 Å². The highest BCUT2D eigenvalue weighted by molar-refractivity contribution is 5.08. The molecule has 0 aromatic heterocycles. The fraction of sp³-hybridized carbons (Fsp3) is 1.00. The van der Waals surface area contributed by atoms with Crippen LogP contribution < -0.4 is 0 Å². The topological polar surface area (TPSA) is 57.2 Å². The van der Waals surface area contributed by atoms with E-state index in [-0.39, 0.29) is 11.8 Å². The summed E-state index contributed by atoms with van der Waals surface area (Å²) in [5.74, 6) is 0.437. The van der Waals surface area contributed by atoms with Crippen molar-refractivity contribution in [3.8, 4) is 0 Å². The predicted octanol–water partition coefficient (Wildman–Crippen LogP) is 2.19. The third-order valence-corrected chi connectivity index (χ3v) is 6.12. The molecule has 5 aliphatic rings. The third-order valence-electron chi connectivity index (χ3n) is 6.12. The summed E-state index contributed by atoms with van der Waals surface area (Å²) in [4.78, 5) is 11.6. The highest BCUT2D eigenvalue weighted by Gasteiger charge is 2.69. The van der Waals surface area contributed by atoms with E-state index in [1.165, 1.54) is 6.42 Å². The standard InChI is InChI=1S/C15H24O5/c1-8-4-5-11-9(2)12(16)17-13-15(11)10(8)6-7-14(3,18-13)19-20-15/h8-13,16H,4-7H2,1-3H3/t8-,9-,10?,11?,12?,13?,14-,15-/m1/s1. The van der Waals surface area contributed by atoms with Crippen LogP contribution in [0.5, 0.6) is 0 Å². The number of hydrogen-bond acceptors (Lipinski definition) is 5. The Kier molecular flexibility index (Phi) is 2.81. The fourth-order valence-electron chi connectivity index (χ4n) is 4.89. The Balaban J connectivity index is 1.82. The van der Waals surface area contributed by atoms with Crippen LogP contribution >= 0.6 is 0 Å². The van der Waals surface area contributed by atoms with Gasteiger partial charge in [-0.25, -0.2) is 9.78 Å². The van der Waals surface area contributed by atoms with Crippen LogP contribution in [0.1, 0.15) is 46.5 Å². The molecule has 1 saturated carbocycles. The Hall–Kier alpha value is -0.200. The van der Waals surface area contributed by atoms with Gasteiger partial charge in [-0.15, -0.1) is 0 Å². The van der Waals surface area contributed by atoms with Gasteiger partial charge in [0.15, 0.2) is 18.2 Å². The van der Waals surface area contributed by atoms with Crippen LogP contribution in [0.2, 0.25) is 0 Å². The maximum atomic E-state index is 10.2. The maximum absolute atomic E-state index is 10.2. The van der Waals surface area contributed by atoms with Crippen molar-refractivity contribution >= 4 is 0 Å². The first-order valence-electron chi connectivity index (χ1n) is 7.84. The van der Waals surface area contributed by atoms with Gasteiger partial charge in [0.2, 0.25) is 5.79 Å². The van der Waals surface area contributed by atoms with Crippen LogP contribution in [-0.4, -0.2) is 29.1 Å². The first kappa shape index (κ1) is 13.5. The molecule has 5 nitrogen and oxygen atoms in total. The summed E-state index contributed by atoms with van der Waals surface area (Å²) in [6.07, 6.45) is 2.72. The van der Waals surface area contributed by atoms with Gasteiger partial charge >= 0.3 is 0 Å². The lowest BCUT2D eigenvalue weighted by atomic mass is 9.58. The SMILES string of the molecule is C[C@H]1C(O)OC2O[C@@]3(C)CCC4[C@H](C)CCC1[C@@]24OO3. The normalized spacial score (nSPS) is 61.8. The maximum Gasteiger partial charge on any atom is 0.201 e. The minimum atomic E-state index is -0.781. The Morgan fingerprint density at radius 3 is 2.65 bits per heavy atom. The molecule has 5 heteroatoms. The van der Waals surface area contributed by atoms with Gasteiger partial charge in [-0.05, 0) is 38.0 Å². The molecule has 114 valence electrons. The average Bonchev–Trinajstić information content (AvgIpc) is 2.63. The minimum Gasteiger partial charge on any atom is -0.368 e. The zero-order valence-electron chi connectivity index (χ0n) is 12.4. The van der Waals surface area contributed by atoms with Crippen LogP contribution in [0.25, 0.3) is 0 Å². The lowest BCUT2D eigenvalue weighted by molar-refractivity contribution is -0.576. The lowest BCUT2D eigenvalue weighted by Gasteiger charge is -2.59. The number of hydrogen-bond donors (Lipinski definition) is 1. The summed E-state index contributed by atoms with van der Waals surface area (Å²) in [7, 11) is 0. The van der Waals surface area contributed by atoms with Gasteiger partial charge < -0.3 is 14.6 Å². The van der Waals surface area contributed by atoms with Crippen LogP contribution in [-0.2, 0) is 19.2 Å². The van der Waals surface area contributed by atoms with Gasteiger partial charge in [-0.3, -0.25) is 0 Å². The van der Waals surface area contributed by atoms with E-state index in [0.29, 0.717) is 11.8 Å². The van der Waals surface area contributed by atoms with Crippen molar-refractivity contribution in [1.29, 1.82) is 0 Å². The van der Waals surface area contributed by atoms with E-state index in [1.807, 2.05) is 13.8 Å². The third kappa shape index (κ3) is 1.56. The second-order valence-electron chi connectivity index (χ2n) is 7.30. The Labute approximate surface area is 119 Å². The number of fused-ring (bicyclic) bond motifs is 2. The molecule has 4 aliphatic heterocycles. The van der Waals surface area contributed by atoms with E-state index >= 15 is 0 Å². The van der Waals surface area contributed by atoms with Crippen LogP contribution in [0.3, 0.4) is 0 Å². The van der Waals surface area contributed by atoms with E-state index in [4.69, 9.17) is 19.2 Å². The van der Waals surface area contributed by atoms with Gasteiger partial charge in [-0.2, -0.15) is 0 Å². The van der Waals surface area contributed by atoms with E-state index in [2.05, 4.69) is 6.92 Å². The van der Waals surface area contributed by atoms with Crippen LogP contribution in [0, 0.1) is 23.7 Å². The van der Waals surface area contributed by atoms with E-state index in [9.17, 15) is 5.11 Å². The minimum absolute atomic E-state index is 0.0379. The quantitative estimate of drug-likeness (QED) is 0.691. The summed E-state index contributed by atoms with van der Waals surface area (Å²) in [6, 6.07) is 0. The van der Waals surface area contributed by atoms with E-state index in [1.54, 1.807) is 0 Å². The summed E-state index contributed by atoms with van der Waals surface area (Å²) in [6.45, 7) is 6.22. The predicted molar refractivity (Wildman–Crippen MR) is 69.0 cm³/mol. The molecule has 8 atom stereocenters. The van der Waals surface area contributed by atoms with Crippen molar-refractivity contribution in [3.05, 3.63) is 0 Å². The molecule has 2 bridgehead atoms. The van der Waals surface area contributed by atoms with Crippen molar-refractivity contribution in [2.45, 2.75) is 70.4 Å². The van der Waals surface area contributed by atoms with Gasteiger partial charge in [0.1, 0.15) is 0 Å². The Bertz CT molecular complexity index is 411. The molecular weight excluding hydrogens is 260 g/mol. The molecule has 20 heavy (non-hydrogen) atoms. The number of ether oxygens (including phenoxy) is 2. The molecule has 5 fully saturated rings. The second-order valence-corrected chi connectivity index (χ2v) is 7.30. The van der Waals surface area contributed by atoms with Crippen molar-refractivity contribution in [1.82, 2.24) is 0 Å². The molecule has 4 heterocycles. The van der Waals surface area contributed by atoms with Crippen molar-refractivity contribution in [3.63, 3.8) is 0 Å². The highest BCUT2D eigenvalue weighted by atomic mass is 17.3. The zero-order valence-corrected chi connectivity index (χ0v) is 12.4. The van der Waals surface area contributed by atoms with Gasteiger partial charge in [0.25, 0.3) is 0 Å². The van der Waals surface area contributed by atoms with E-state index < -0.39 is 24.0 Å². The van der Waals surface area contributed by atoms with Crippen LogP contribution in [0.4, 0.5) is 0 Å². The van der Waals surface area contributed by atoms with Crippen molar-refractivity contribution in [2.24, 2.45) is 23.7 Å². The molecule has 0 aromatic rings. The molecule has 1 spiro atoms. The molecule has 5 rings (SSSR count). The number of aliphatic hydroxyl groups is 1. The average molecular weight is 284 g/mol. The summed E-state index contributed by atoms with van der Waals surface area (Å²) >= 11 is 0. The molecular formula is C15H24O5. The molecule has 4 unspecified atom stereocenters. The van der Waals surface area contributed by atoms with Crippen LogP contribution in [0.15, 0.2) is 0 Å². The molecule has 1 N–H and O–H groups in total. The molecule has 0 radical (unpaired) electrons. The first-order chi connectivity index (χ1) is 9.46. The van der Waals surface area contributed by atoms with Crippen molar-refractivity contribution < 1.29 is 24.4 Å². The van der Waals surface area contributed by atoms with Gasteiger partial charge in [-0.1, -0.05) is 13.8 Å². The molecule has 0 amide bonds. The molecule has 4 saturated heterocycles. The Morgan fingerprint density at radius 2 is 1.85 bits per heavy atom. The number of aliphatic hydroxyl groups excluding tert-OH is 1. The second kappa shape index (κ2) is 4.17. The molecule has 1 aliphatic carbocycles. The molecule has 0 aromatic carbocycles. The fourth-order valence-corrected chi connectivity index (χ4v) is 4.89. The van der Waals surface area contributed by atoms with Crippen molar-refractivity contribution in [2.75, 3.05) is 0 Å². The Morgan fingerprint density at radius 1 is 1.05 bits per heavy atom. The first-order valence-corrected chi connectivity index (χ1v) is 7.84. The van der Waals surface area contributed by atoms with Gasteiger partial charge in [0.05, 0.1) is 0 Å². The lowest BCUT2D eigenvalue weighted by Crippen LogP contribution is -2.70. The zero-order chi connectivity index (χ0) is 14.1. The monoisotopic (exact) mass is 284 g/mol. The number of rotatable bonds is 0. The summed E-state index contributed by atoms with van der Waals surface area (Å²) < 4.78 is 11.9. The highest BCUT2D eigenvalue weighted by Crippen LogP contribution is 2.60. The van der Waals surface area contributed by atoms with E-state index in [0.717, 1.165) is 19.3 Å². The largest absolute Gasteiger partial charge is 0.368 e. The smallest absolute Gasteiger partial charge is 0.201 e.